The molecule has 1 fully saturated rings. The standard InChI is InChI=1S/C15H16F3NO/c1-3-11-7-10(2)13(12(16)8-11)14(20)19-6-4-5-15(17,18)9-19/h3,7-8H,1,4-6,9H2,2H3. The highest BCUT2D eigenvalue weighted by molar-refractivity contribution is 5.96. The summed E-state index contributed by atoms with van der Waals surface area (Å²) < 4.78 is 40.7. The second kappa shape index (κ2) is 5.31. The second-order valence-corrected chi connectivity index (χ2v) is 5.08. The lowest BCUT2D eigenvalue weighted by atomic mass is 10.0. The van der Waals surface area contributed by atoms with Gasteiger partial charge in [-0.2, -0.15) is 0 Å². The van der Waals surface area contributed by atoms with E-state index < -0.39 is 24.2 Å². The summed E-state index contributed by atoms with van der Waals surface area (Å²) in [6.45, 7) is 4.71. The molecule has 1 aromatic rings. The average Bonchev–Trinajstić information content (AvgIpc) is 2.36. The number of amides is 1. The van der Waals surface area contributed by atoms with Crippen molar-refractivity contribution in [1.82, 2.24) is 4.90 Å². The highest BCUT2D eigenvalue weighted by atomic mass is 19.3. The second-order valence-electron chi connectivity index (χ2n) is 5.08. The van der Waals surface area contributed by atoms with E-state index in [1.807, 2.05) is 0 Å². The van der Waals surface area contributed by atoms with Gasteiger partial charge in [-0.3, -0.25) is 4.79 Å². The van der Waals surface area contributed by atoms with Crippen molar-refractivity contribution in [3.05, 3.63) is 41.2 Å². The van der Waals surface area contributed by atoms with Crippen LogP contribution in [0.2, 0.25) is 0 Å². The molecule has 2 rings (SSSR count). The van der Waals surface area contributed by atoms with Crippen molar-refractivity contribution in [2.75, 3.05) is 13.1 Å². The minimum atomic E-state index is -2.89. The van der Waals surface area contributed by atoms with Crippen LogP contribution in [0.15, 0.2) is 18.7 Å². The van der Waals surface area contributed by atoms with Crippen molar-refractivity contribution in [3.8, 4) is 0 Å². The molecular weight excluding hydrogens is 267 g/mol. The molecule has 2 nitrogen and oxygen atoms in total. The van der Waals surface area contributed by atoms with Crippen molar-refractivity contribution in [2.45, 2.75) is 25.7 Å². The lowest BCUT2D eigenvalue weighted by Gasteiger charge is -2.32. The molecule has 1 saturated heterocycles. The highest BCUT2D eigenvalue weighted by Gasteiger charge is 2.38. The van der Waals surface area contributed by atoms with Crippen LogP contribution in [0.4, 0.5) is 13.2 Å². The summed E-state index contributed by atoms with van der Waals surface area (Å²) in [4.78, 5) is 13.3. The predicted octanol–water partition coefficient (Wildman–Crippen LogP) is 3.65. The molecule has 0 bridgehead atoms. The number of hydrogen-bond donors (Lipinski definition) is 0. The zero-order valence-electron chi connectivity index (χ0n) is 11.3. The van der Waals surface area contributed by atoms with Gasteiger partial charge in [-0.15, -0.1) is 0 Å². The molecule has 20 heavy (non-hydrogen) atoms. The van der Waals surface area contributed by atoms with Crippen molar-refractivity contribution in [1.29, 1.82) is 0 Å². The third kappa shape index (κ3) is 2.86. The fourth-order valence-electron chi connectivity index (χ4n) is 2.46. The first-order chi connectivity index (χ1) is 9.34. The normalized spacial score (nSPS) is 17.9. The number of carbonyl (C=O) groups is 1. The molecule has 0 saturated carbocycles. The molecule has 0 aliphatic carbocycles. The number of likely N-dealkylation sites (tertiary alicyclic amines) is 1. The summed E-state index contributed by atoms with van der Waals surface area (Å²) in [7, 11) is 0. The maximum absolute atomic E-state index is 14.0. The van der Waals surface area contributed by atoms with Gasteiger partial charge in [0.15, 0.2) is 0 Å². The minimum absolute atomic E-state index is 0.131. The molecule has 1 amide bonds. The van der Waals surface area contributed by atoms with E-state index in [0.29, 0.717) is 11.1 Å². The Morgan fingerprint density at radius 3 is 2.70 bits per heavy atom. The number of rotatable bonds is 2. The van der Waals surface area contributed by atoms with E-state index in [2.05, 4.69) is 6.58 Å². The van der Waals surface area contributed by atoms with E-state index >= 15 is 0 Å². The molecule has 1 aliphatic rings. The summed E-state index contributed by atoms with van der Waals surface area (Å²) in [5, 5.41) is 0. The lowest BCUT2D eigenvalue weighted by molar-refractivity contribution is -0.0561. The van der Waals surface area contributed by atoms with E-state index in [1.54, 1.807) is 13.0 Å². The number of aryl methyl sites for hydroxylation is 1. The smallest absolute Gasteiger partial charge is 0.265 e. The van der Waals surface area contributed by atoms with Crippen LogP contribution in [0.3, 0.4) is 0 Å². The van der Waals surface area contributed by atoms with E-state index in [4.69, 9.17) is 0 Å². The van der Waals surface area contributed by atoms with Crippen LogP contribution >= 0.6 is 0 Å². The molecule has 0 aromatic heterocycles. The van der Waals surface area contributed by atoms with Crippen LogP contribution < -0.4 is 0 Å². The minimum Gasteiger partial charge on any atom is -0.333 e. The van der Waals surface area contributed by atoms with Crippen molar-refractivity contribution in [3.63, 3.8) is 0 Å². The molecule has 0 radical (unpaired) electrons. The topological polar surface area (TPSA) is 20.3 Å². The number of halogens is 3. The van der Waals surface area contributed by atoms with Crippen LogP contribution in [-0.4, -0.2) is 29.8 Å². The number of carbonyl (C=O) groups excluding carboxylic acids is 1. The van der Waals surface area contributed by atoms with Crippen LogP contribution in [0, 0.1) is 12.7 Å². The van der Waals surface area contributed by atoms with E-state index in [0.717, 1.165) is 4.90 Å². The fraction of sp³-hybridized carbons (Fsp3) is 0.400. The molecule has 0 atom stereocenters. The van der Waals surface area contributed by atoms with Crippen LogP contribution in [0.5, 0.6) is 0 Å². The maximum Gasteiger partial charge on any atom is 0.265 e. The maximum atomic E-state index is 14.0. The molecule has 1 heterocycles. The van der Waals surface area contributed by atoms with Crippen molar-refractivity contribution in [2.24, 2.45) is 0 Å². The Kier molecular flexibility index (Phi) is 3.88. The molecular formula is C15H16F3NO. The molecule has 0 N–H and O–H groups in total. The molecule has 1 aliphatic heterocycles. The third-order valence-corrected chi connectivity index (χ3v) is 3.44. The Balaban J connectivity index is 2.32. The van der Waals surface area contributed by atoms with E-state index in [1.165, 1.54) is 12.1 Å². The number of benzene rings is 1. The third-order valence-electron chi connectivity index (χ3n) is 3.44. The first-order valence-electron chi connectivity index (χ1n) is 6.44. The lowest BCUT2D eigenvalue weighted by Crippen LogP contribution is -2.46. The highest BCUT2D eigenvalue weighted by Crippen LogP contribution is 2.28. The Labute approximate surface area is 115 Å². The first kappa shape index (κ1) is 14.6. The molecule has 108 valence electrons. The molecule has 0 unspecified atom stereocenters. The van der Waals surface area contributed by atoms with Crippen LogP contribution in [0.1, 0.15) is 34.3 Å². The van der Waals surface area contributed by atoms with Crippen LogP contribution in [-0.2, 0) is 0 Å². The van der Waals surface area contributed by atoms with Gasteiger partial charge in [0, 0.05) is 13.0 Å². The number of hydrogen-bond acceptors (Lipinski definition) is 1. The Bertz CT molecular complexity index is 531. The quantitative estimate of drug-likeness (QED) is 0.811. The summed E-state index contributed by atoms with van der Waals surface area (Å²) in [6.07, 6.45) is 1.47. The number of nitrogens with zero attached hydrogens (tertiary/aromatic N) is 1. The van der Waals surface area contributed by atoms with E-state index in [9.17, 15) is 18.0 Å². The van der Waals surface area contributed by atoms with Gasteiger partial charge in [-0.05, 0) is 30.5 Å². The largest absolute Gasteiger partial charge is 0.333 e. The van der Waals surface area contributed by atoms with Crippen LogP contribution in [0.25, 0.3) is 6.08 Å². The van der Waals surface area contributed by atoms with Gasteiger partial charge in [0.2, 0.25) is 0 Å². The molecule has 1 aromatic carbocycles. The Morgan fingerprint density at radius 1 is 1.45 bits per heavy atom. The van der Waals surface area contributed by atoms with Crippen molar-refractivity contribution >= 4 is 12.0 Å². The van der Waals surface area contributed by atoms with Gasteiger partial charge in [0.05, 0.1) is 12.1 Å². The summed E-state index contributed by atoms with van der Waals surface area (Å²) in [5.41, 5.74) is 0.854. The van der Waals surface area contributed by atoms with E-state index in [-0.39, 0.29) is 24.9 Å². The average molecular weight is 283 g/mol. The van der Waals surface area contributed by atoms with Gasteiger partial charge < -0.3 is 4.90 Å². The fourth-order valence-corrected chi connectivity index (χ4v) is 2.46. The summed E-state index contributed by atoms with van der Waals surface area (Å²) in [5.74, 6) is -4.26. The monoisotopic (exact) mass is 283 g/mol. The zero-order chi connectivity index (χ0) is 14.9. The zero-order valence-corrected chi connectivity index (χ0v) is 11.3. The summed E-state index contributed by atoms with van der Waals surface area (Å²) >= 11 is 0. The number of piperidine rings is 1. The SMILES string of the molecule is C=Cc1cc(C)c(C(=O)N2CCCC(F)(F)C2)c(F)c1. The number of alkyl halides is 2. The summed E-state index contributed by atoms with van der Waals surface area (Å²) in [6, 6.07) is 2.81. The molecule has 5 heteroatoms. The van der Waals surface area contributed by atoms with Gasteiger partial charge in [0.25, 0.3) is 11.8 Å². The van der Waals surface area contributed by atoms with Gasteiger partial charge in [0.1, 0.15) is 5.82 Å². The first-order valence-corrected chi connectivity index (χ1v) is 6.44. The van der Waals surface area contributed by atoms with Gasteiger partial charge in [-0.1, -0.05) is 18.7 Å². The molecule has 0 spiro atoms. The Morgan fingerprint density at radius 2 is 2.15 bits per heavy atom. The van der Waals surface area contributed by atoms with Gasteiger partial charge in [-0.25, -0.2) is 13.2 Å². The van der Waals surface area contributed by atoms with Crippen molar-refractivity contribution < 1.29 is 18.0 Å². The predicted molar refractivity (Wildman–Crippen MR) is 71.3 cm³/mol. The Hall–Kier alpha value is -1.78. The van der Waals surface area contributed by atoms with Gasteiger partial charge >= 0.3 is 0 Å².